The molecule has 0 saturated heterocycles. The van der Waals surface area contributed by atoms with Crippen LogP contribution < -0.4 is 5.32 Å². The lowest BCUT2D eigenvalue weighted by Crippen LogP contribution is -2.38. The summed E-state index contributed by atoms with van der Waals surface area (Å²) in [4.78, 5) is 10.7. The number of amides is 1. The van der Waals surface area contributed by atoms with Gasteiger partial charge in [-0.05, 0) is 19.9 Å². The predicted octanol–water partition coefficient (Wildman–Crippen LogP) is 1.64. The molecule has 1 heterocycles. The normalized spacial score (nSPS) is 13.6. The third-order valence-corrected chi connectivity index (χ3v) is 2.10. The Bertz CT molecular complexity index is 372. The second-order valence-corrected chi connectivity index (χ2v) is 3.26. The van der Waals surface area contributed by atoms with Gasteiger partial charge in [-0.2, -0.15) is 18.3 Å². The molecule has 4 nitrogen and oxygen atoms in total. The fraction of sp³-hybridized carbons (Fsp3) is 0.556. The zero-order chi connectivity index (χ0) is 12.3. The van der Waals surface area contributed by atoms with Gasteiger partial charge in [0.1, 0.15) is 0 Å². The first kappa shape index (κ1) is 12.5. The molecule has 0 fully saturated rings. The highest BCUT2D eigenvalue weighted by atomic mass is 19.4. The van der Waals surface area contributed by atoms with Crippen molar-refractivity contribution in [2.75, 3.05) is 0 Å². The molecule has 16 heavy (non-hydrogen) atoms. The molecule has 0 aliphatic carbocycles. The van der Waals surface area contributed by atoms with E-state index in [2.05, 4.69) is 5.10 Å². The molecule has 0 radical (unpaired) electrons. The van der Waals surface area contributed by atoms with E-state index >= 15 is 0 Å². The minimum Gasteiger partial charge on any atom is -0.340 e. The Labute approximate surface area is 90.4 Å². The van der Waals surface area contributed by atoms with E-state index in [1.807, 2.05) is 12.2 Å². The Morgan fingerprint density at radius 2 is 2.25 bits per heavy atom. The van der Waals surface area contributed by atoms with Gasteiger partial charge in [0.15, 0.2) is 0 Å². The van der Waals surface area contributed by atoms with Gasteiger partial charge in [-0.3, -0.25) is 9.48 Å². The number of hydrogen-bond donors (Lipinski definition) is 1. The maximum Gasteiger partial charge on any atom is 0.471 e. The molecule has 0 aliphatic rings. The molecule has 0 bridgehead atoms. The highest BCUT2D eigenvalue weighted by Gasteiger charge is 2.39. The van der Waals surface area contributed by atoms with Crippen molar-refractivity contribution in [1.29, 1.82) is 0 Å². The van der Waals surface area contributed by atoms with Crippen LogP contribution in [0.15, 0.2) is 12.3 Å². The summed E-state index contributed by atoms with van der Waals surface area (Å²) < 4.78 is 37.5. The van der Waals surface area contributed by atoms with Crippen molar-refractivity contribution in [2.45, 2.75) is 32.6 Å². The van der Waals surface area contributed by atoms with Crippen LogP contribution in [0.1, 0.15) is 25.6 Å². The Morgan fingerprint density at radius 1 is 1.62 bits per heavy atom. The monoisotopic (exact) mass is 235 g/mol. The van der Waals surface area contributed by atoms with Gasteiger partial charge in [0.05, 0.1) is 11.7 Å². The van der Waals surface area contributed by atoms with Crippen LogP contribution in [0.5, 0.6) is 0 Å². The Kier molecular flexibility index (Phi) is 3.56. The van der Waals surface area contributed by atoms with Gasteiger partial charge in [-0.25, -0.2) is 0 Å². The molecule has 7 heteroatoms. The van der Waals surface area contributed by atoms with E-state index in [0.717, 1.165) is 0 Å². The van der Waals surface area contributed by atoms with Crippen molar-refractivity contribution >= 4 is 5.91 Å². The van der Waals surface area contributed by atoms with E-state index in [0.29, 0.717) is 12.2 Å². The van der Waals surface area contributed by atoms with Crippen LogP contribution in [0, 0.1) is 0 Å². The molecule has 1 aromatic heterocycles. The van der Waals surface area contributed by atoms with Gasteiger partial charge >= 0.3 is 12.1 Å². The van der Waals surface area contributed by atoms with Crippen molar-refractivity contribution in [3.05, 3.63) is 18.0 Å². The average molecular weight is 235 g/mol. The maximum atomic E-state index is 12.0. The van der Waals surface area contributed by atoms with Gasteiger partial charge in [0, 0.05) is 12.7 Å². The fourth-order valence-electron chi connectivity index (χ4n) is 1.33. The highest BCUT2D eigenvalue weighted by molar-refractivity contribution is 5.81. The van der Waals surface area contributed by atoms with E-state index in [1.54, 1.807) is 6.07 Å². The number of hydrogen-bond acceptors (Lipinski definition) is 2. The van der Waals surface area contributed by atoms with Crippen LogP contribution in [0.25, 0.3) is 0 Å². The van der Waals surface area contributed by atoms with E-state index in [4.69, 9.17) is 0 Å². The molecule has 1 rings (SSSR count). The smallest absolute Gasteiger partial charge is 0.340 e. The molecule has 0 aliphatic heterocycles. The Morgan fingerprint density at radius 3 is 2.75 bits per heavy atom. The van der Waals surface area contributed by atoms with E-state index in [-0.39, 0.29) is 0 Å². The highest BCUT2D eigenvalue weighted by Crippen LogP contribution is 2.18. The predicted molar refractivity (Wildman–Crippen MR) is 50.5 cm³/mol. The van der Waals surface area contributed by atoms with Gasteiger partial charge in [-0.1, -0.05) is 0 Å². The summed E-state index contributed by atoms with van der Waals surface area (Å²) >= 11 is 0. The van der Waals surface area contributed by atoms with Gasteiger partial charge in [-0.15, -0.1) is 0 Å². The zero-order valence-corrected chi connectivity index (χ0v) is 8.88. The first-order valence-electron chi connectivity index (χ1n) is 4.75. The summed E-state index contributed by atoms with van der Waals surface area (Å²) in [7, 11) is 0. The molecule has 1 unspecified atom stereocenters. The number of carbonyl (C=O) groups excluding carboxylic acids is 1. The Hall–Kier alpha value is -1.53. The second-order valence-electron chi connectivity index (χ2n) is 3.26. The summed E-state index contributed by atoms with van der Waals surface area (Å²) in [5.41, 5.74) is 0.542. The number of aromatic nitrogens is 2. The largest absolute Gasteiger partial charge is 0.471 e. The number of nitrogens with zero attached hydrogens (tertiary/aromatic N) is 2. The van der Waals surface area contributed by atoms with Crippen molar-refractivity contribution < 1.29 is 18.0 Å². The molecule has 0 aromatic carbocycles. The minimum absolute atomic E-state index is 0.536. The summed E-state index contributed by atoms with van der Waals surface area (Å²) in [6.45, 7) is 3.83. The van der Waals surface area contributed by atoms with Crippen LogP contribution in [-0.2, 0) is 11.3 Å². The van der Waals surface area contributed by atoms with E-state index < -0.39 is 18.1 Å². The molecule has 1 atom stereocenters. The molecule has 90 valence electrons. The number of halogens is 3. The molecule has 1 aromatic rings. The van der Waals surface area contributed by atoms with Crippen LogP contribution in [0.3, 0.4) is 0 Å². The van der Waals surface area contributed by atoms with E-state index in [1.165, 1.54) is 17.8 Å². The van der Waals surface area contributed by atoms with Crippen molar-refractivity contribution in [1.82, 2.24) is 15.1 Å². The topological polar surface area (TPSA) is 46.9 Å². The molecule has 0 spiro atoms. The first-order valence-corrected chi connectivity index (χ1v) is 4.75. The third-order valence-electron chi connectivity index (χ3n) is 2.10. The average Bonchev–Trinajstić information content (AvgIpc) is 2.63. The first-order chi connectivity index (χ1) is 7.36. The van der Waals surface area contributed by atoms with Gasteiger partial charge in [0.25, 0.3) is 0 Å². The van der Waals surface area contributed by atoms with Crippen LogP contribution >= 0.6 is 0 Å². The number of nitrogens with one attached hydrogen (secondary N) is 1. The number of carbonyl (C=O) groups is 1. The molecule has 1 amide bonds. The third kappa shape index (κ3) is 2.74. The Balaban J connectivity index is 2.73. The van der Waals surface area contributed by atoms with Gasteiger partial charge in [0.2, 0.25) is 0 Å². The summed E-state index contributed by atoms with van der Waals surface area (Å²) in [5, 5.41) is 5.78. The summed E-state index contributed by atoms with van der Waals surface area (Å²) in [5.74, 6) is -1.94. The van der Waals surface area contributed by atoms with Crippen molar-refractivity contribution in [3.63, 3.8) is 0 Å². The van der Waals surface area contributed by atoms with Crippen molar-refractivity contribution in [3.8, 4) is 0 Å². The maximum absolute atomic E-state index is 12.0. The summed E-state index contributed by atoms with van der Waals surface area (Å²) in [6, 6.07) is 0.849. The zero-order valence-electron chi connectivity index (χ0n) is 8.88. The lowest BCUT2D eigenvalue weighted by atomic mass is 10.2. The lowest BCUT2D eigenvalue weighted by molar-refractivity contribution is -0.174. The van der Waals surface area contributed by atoms with Crippen LogP contribution in [0.2, 0.25) is 0 Å². The minimum atomic E-state index is -4.86. The molecule has 0 saturated carbocycles. The van der Waals surface area contributed by atoms with Gasteiger partial charge < -0.3 is 5.32 Å². The van der Waals surface area contributed by atoms with E-state index in [9.17, 15) is 18.0 Å². The lowest BCUT2D eigenvalue weighted by Gasteiger charge is -2.16. The molecular formula is C9H12F3N3O. The van der Waals surface area contributed by atoms with Crippen LogP contribution in [-0.4, -0.2) is 21.9 Å². The molecule has 1 N–H and O–H groups in total. The molecular weight excluding hydrogens is 223 g/mol. The number of rotatable bonds is 3. The summed E-state index contributed by atoms with van der Waals surface area (Å²) in [6.07, 6.45) is -3.37. The van der Waals surface area contributed by atoms with Crippen molar-refractivity contribution in [2.24, 2.45) is 0 Å². The number of alkyl halides is 3. The van der Waals surface area contributed by atoms with Crippen LogP contribution in [0.4, 0.5) is 13.2 Å². The quantitative estimate of drug-likeness (QED) is 0.865. The second kappa shape index (κ2) is 4.54. The number of aryl methyl sites for hydroxylation is 1. The SMILES string of the molecule is CCn1nccc1C(C)NC(=O)C(F)(F)F. The standard InChI is InChI=1S/C9H12F3N3O/c1-3-15-7(4-5-13-15)6(2)14-8(16)9(10,11)12/h4-6H,3H2,1-2H3,(H,14,16). The fourth-order valence-corrected chi connectivity index (χ4v) is 1.33.